The van der Waals surface area contributed by atoms with Crippen molar-refractivity contribution in [2.75, 3.05) is 6.54 Å². The van der Waals surface area contributed by atoms with Gasteiger partial charge in [0, 0.05) is 50.9 Å². The van der Waals surface area contributed by atoms with E-state index in [1.807, 2.05) is 108 Å². The third kappa shape index (κ3) is 6.93. The lowest BCUT2D eigenvalue weighted by Crippen LogP contribution is -2.52. The van der Waals surface area contributed by atoms with Gasteiger partial charge in [-0.3, -0.25) is 14.6 Å². The highest BCUT2D eigenvalue weighted by atomic mass is 16.2. The first-order valence-electron chi connectivity index (χ1n) is 15.3. The first-order chi connectivity index (χ1) is 22.0. The second kappa shape index (κ2) is 13.6. The van der Waals surface area contributed by atoms with Crippen molar-refractivity contribution in [2.45, 2.75) is 38.9 Å². The van der Waals surface area contributed by atoms with Gasteiger partial charge < -0.3 is 14.4 Å². The molecule has 1 aliphatic heterocycles. The summed E-state index contributed by atoms with van der Waals surface area (Å²) in [7, 11) is 1.92. The van der Waals surface area contributed by atoms with Crippen LogP contribution in [0, 0.1) is 6.92 Å². The number of rotatable bonds is 9. The molecule has 0 unspecified atom stereocenters. The molecular weight excluding hydrogens is 558 g/mol. The number of carbonyl (C=O) groups is 2. The summed E-state index contributed by atoms with van der Waals surface area (Å²) in [6.45, 7) is 3.35. The lowest BCUT2D eigenvalue weighted by Gasteiger charge is -2.37. The number of imidazole rings is 1. The maximum absolute atomic E-state index is 14.5. The minimum atomic E-state index is -0.696. The Morgan fingerprint density at radius 2 is 1.60 bits per heavy atom. The average Bonchev–Trinajstić information content (AvgIpc) is 3.41. The van der Waals surface area contributed by atoms with Crippen LogP contribution in [-0.4, -0.2) is 48.7 Å². The second-order valence-corrected chi connectivity index (χ2v) is 11.5. The third-order valence-corrected chi connectivity index (χ3v) is 8.58. The predicted octanol–water partition coefficient (Wildman–Crippen LogP) is 6.03. The van der Waals surface area contributed by atoms with Gasteiger partial charge in [0.1, 0.15) is 11.9 Å². The summed E-state index contributed by atoms with van der Waals surface area (Å²) in [6.07, 6.45) is 8.07. The van der Waals surface area contributed by atoms with Gasteiger partial charge in [0.05, 0.1) is 17.6 Å². The minimum Gasteiger partial charge on any atom is -0.336 e. The summed E-state index contributed by atoms with van der Waals surface area (Å²) >= 11 is 0. The fraction of sp³-hybridized carbons (Fsp3) is 0.211. The van der Waals surface area contributed by atoms with Crippen molar-refractivity contribution in [2.24, 2.45) is 7.05 Å². The highest BCUT2D eigenvalue weighted by Crippen LogP contribution is 2.24. The number of pyridine rings is 1. The maximum Gasteiger partial charge on any atom is 0.247 e. The van der Waals surface area contributed by atoms with Crippen LogP contribution < -0.4 is 0 Å². The largest absolute Gasteiger partial charge is 0.336 e. The Hall–Kier alpha value is -5.30. The summed E-state index contributed by atoms with van der Waals surface area (Å²) in [6, 6.07) is 31.4. The second-order valence-electron chi connectivity index (χ2n) is 11.5. The Kier molecular flexibility index (Phi) is 8.96. The van der Waals surface area contributed by atoms with E-state index in [0.29, 0.717) is 19.5 Å². The normalized spacial score (nSPS) is 13.4. The van der Waals surface area contributed by atoms with E-state index in [0.717, 1.165) is 45.9 Å². The van der Waals surface area contributed by atoms with Crippen LogP contribution in [0.1, 0.15) is 33.8 Å². The van der Waals surface area contributed by atoms with E-state index in [9.17, 15) is 9.59 Å². The van der Waals surface area contributed by atoms with E-state index < -0.39 is 6.04 Å². The Labute approximate surface area is 264 Å². The standard InChI is InChI=1S/C38H37N5O2/c1-28-40-25-34(41(28)2)19-20-37(44)43(26-30-15-17-32(18-16-30)35-14-8-9-22-39-35)36(24-29-10-4-3-5-11-29)38(45)42-23-21-31-12-6-7-13-33(31)27-42/h3-20,22,25,36H,21,23-24,26-27H2,1-2H3/b20-19+/t36-/m0/s1. The van der Waals surface area contributed by atoms with E-state index >= 15 is 0 Å². The fourth-order valence-electron chi connectivity index (χ4n) is 5.84. The van der Waals surface area contributed by atoms with Crippen molar-refractivity contribution in [1.29, 1.82) is 0 Å². The van der Waals surface area contributed by atoms with Crippen LogP contribution in [0.3, 0.4) is 0 Å². The summed E-state index contributed by atoms with van der Waals surface area (Å²) < 4.78 is 1.93. The number of hydrogen-bond donors (Lipinski definition) is 0. The molecule has 0 N–H and O–H groups in total. The Morgan fingerprint density at radius 1 is 0.867 bits per heavy atom. The highest BCUT2D eigenvalue weighted by molar-refractivity contribution is 5.95. The number of benzene rings is 3. The van der Waals surface area contributed by atoms with Crippen LogP contribution in [0.2, 0.25) is 0 Å². The Morgan fingerprint density at radius 3 is 2.31 bits per heavy atom. The van der Waals surface area contributed by atoms with Gasteiger partial charge >= 0.3 is 0 Å². The van der Waals surface area contributed by atoms with E-state index in [1.54, 1.807) is 29.4 Å². The molecule has 45 heavy (non-hydrogen) atoms. The average molecular weight is 596 g/mol. The zero-order chi connectivity index (χ0) is 31.2. The third-order valence-electron chi connectivity index (χ3n) is 8.58. The fourth-order valence-corrected chi connectivity index (χ4v) is 5.84. The molecule has 0 fully saturated rings. The molecule has 6 rings (SSSR count). The molecule has 7 heteroatoms. The first kappa shape index (κ1) is 29.8. The number of aryl methyl sites for hydroxylation is 1. The monoisotopic (exact) mass is 595 g/mol. The minimum absolute atomic E-state index is 0.0448. The molecule has 3 aromatic carbocycles. The Bertz CT molecular complexity index is 1800. The number of hydrogen-bond acceptors (Lipinski definition) is 4. The van der Waals surface area contributed by atoms with Crippen molar-refractivity contribution < 1.29 is 9.59 Å². The van der Waals surface area contributed by atoms with Gasteiger partial charge in [0.2, 0.25) is 11.8 Å². The molecule has 3 heterocycles. The Balaban J connectivity index is 1.35. The van der Waals surface area contributed by atoms with Gasteiger partial charge in [0.15, 0.2) is 0 Å². The van der Waals surface area contributed by atoms with Gasteiger partial charge in [-0.2, -0.15) is 0 Å². The molecule has 0 saturated carbocycles. The summed E-state index contributed by atoms with van der Waals surface area (Å²) in [5.41, 5.74) is 7.06. The molecule has 7 nitrogen and oxygen atoms in total. The van der Waals surface area contributed by atoms with Gasteiger partial charge in [-0.15, -0.1) is 0 Å². The van der Waals surface area contributed by atoms with Crippen LogP contribution in [0.15, 0.2) is 116 Å². The van der Waals surface area contributed by atoms with Gasteiger partial charge in [-0.05, 0) is 53.8 Å². The molecule has 226 valence electrons. The quantitative estimate of drug-likeness (QED) is 0.195. The molecule has 0 spiro atoms. The molecular formula is C38H37N5O2. The van der Waals surface area contributed by atoms with Crippen LogP contribution in [-0.2, 0) is 42.6 Å². The van der Waals surface area contributed by atoms with Crippen molar-refractivity contribution >= 4 is 17.9 Å². The van der Waals surface area contributed by atoms with Crippen molar-refractivity contribution in [3.8, 4) is 11.3 Å². The van der Waals surface area contributed by atoms with E-state index in [1.165, 1.54) is 5.56 Å². The summed E-state index contributed by atoms with van der Waals surface area (Å²) in [5.74, 6) is 0.584. The van der Waals surface area contributed by atoms with E-state index in [2.05, 4.69) is 22.1 Å². The zero-order valence-corrected chi connectivity index (χ0v) is 25.7. The molecule has 5 aromatic rings. The van der Waals surface area contributed by atoms with Crippen LogP contribution in [0.25, 0.3) is 17.3 Å². The smallest absolute Gasteiger partial charge is 0.247 e. The topological polar surface area (TPSA) is 71.3 Å². The number of nitrogens with zero attached hydrogens (tertiary/aromatic N) is 5. The molecule has 1 aliphatic rings. The molecule has 0 radical (unpaired) electrons. The maximum atomic E-state index is 14.5. The van der Waals surface area contributed by atoms with E-state index in [4.69, 9.17) is 0 Å². The first-order valence-corrected chi connectivity index (χ1v) is 15.3. The lowest BCUT2D eigenvalue weighted by atomic mass is 9.97. The lowest BCUT2D eigenvalue weighted by molar-refractivity contribution is -0.144. The SMILES string of the molecule is Cc1ncc(/C=C/C(=O)N(Cc2ccc(-c3ccccn3)cc2)[C@@H](Cc2ccccc2)C(=O)N2CCc3ccccc3C2)n1C. The predicted molar refractivity (Wildman–Crippen MR) is 177 cm³/mol. The highest BCUT2D eigenvalue weighted by Gasteiger charge is 2.34. The molecule has 2 aromatic heterocycles. The zero-order valence-electron chi connectivity index (χ0n) is 25.7. The molecule has 2 amide bonds. The number of amides is 2. The van der Waals surface area contributed by atoms with Crippen LogP contribution in [0.4, 0.5) is 0 Å². The molecule has 0 aliphatic carbocycles. The van der Waals surface area contributed by atoms with Gasteiger partial charge in [0.25, 0.3) is 0 Å². The molecule has 1 atom stereocenters. The van der Waals surface area contributed by atoms with E-state index in [-0.39, 0.29) is 18.4 Å². The van der Waals surface area contributed by atoms with Crippen molar-refractivity contribution in [3.05, 3.63) is 149 Å². The van der Waals surface area contributed by atoms with Crippen molar-refractivity contribution in [3.63, 3.8) is 0 Å². The number of aromatic nitrogens is 3. The van der Waals surface area contributed by atoms with Crippen LogP contribution in [0.5, 0.6) is 0 Å². The number of carbonyl (C=O) groups excluding carboxylic acids is 2. The van der Waals surface area contributed by atoms with Gasteiger partial charge in [-0.25, -0.2) is 4.98 Å². The van der Waals surface area contributed by atoms with Crippen molar-refractivity contribution in [1.82, 2.24) is 24.3 Å². The van der Waals surface area contributed by atoms with Gasteiger partial charge in [-0.1, -0.05) is 84.9 Å². The van der Waals surface area contributed by atoms with Crippen LogP contribution >= 0.6 is 0 Å². The summed E-state index contributed by atoms with van der Waals surface area (Å²) in [5, 5.41) is 0. The molecule has 0 bridgehead atoms. The molecule has 0 saturated heterocycles. The summed E-state index contributed by atoms with van der Waals surface area (Å²) in [4.78, 5) is 41.1. The number of fused-ring (bicyclic) bond motifs is 1.